The van der Waals surface area contributed by atoms with Crippen molar-refractivity contribution in [2.24, 2.45) is 5.92 Å². The van der Waals surface area contributed by atoms with Gasteiger partial charge in [-0.3, -0.25) is 4.79 Å². The number of nitrogens with zero attached hydrogens (tertiary/aromatic N) is 3. The molecule has 1 saturated heterocycles. The number of carbonyl (C=O) groups is 2. The summed E-state index contributed by atoms with van der Waals surface area (Å²) in [5.41, 5.74) is 0. The van der Waals surface area contributed by atoms with Crippen LogP contribution in [0.1, 0.15) is 26.2 Å². The van der Waals surface area contributed by atoms with Crippen LogP contribution in [-0.4, -0.2) is 55.1 Å². The van der Waals surface area contributed by atoms with E-state index in [0.29, 0.717) is 32.7 Å². The number of piperidine rings is 1. The molecule has 0 aromatic rings. The van der Waals surface area contributed by atoms with E-state index in [1.807, 2.05) is 6.07 Å². The van der Waals surface area contributed by atoms with E-state index in [9.17, 15) is 9.59 Å². The summed E-state index contributed by atoms with van der Waals surface area (Å²) in [4.78, 5) is 27.0. The van der Waals surface area contributed by atoms with Crippen molar-refractivity contribution in [1.29, 1.82) is 5.26 Å². The molecule has 1 aliphatic heterocycles. The molecule has 106 valence electrons. The van der Waals surface area contributed by atoms with Crippen molar-refractivity contribution in [3.8, 4) is 6.07 Å². The SMILES string of the molecule is CCOC(=O)N1CCCC(C(=O)N(C)CCC#N)C1. The number of likely N-dealkylation sites (tertiary alicyclic amines) is 1. The van der Waals surface area contributed by atoms with Crippen LogP contribution in [0.15, 0.2) is 0 Å². The summed E-state index contributed by atoms with van der Waals surface area (Å²) in [6.07, 6.45) is 1.57. The molecule has 1 unspecified atom stereocenters. The maximum Gasteiger partial charge on any atom is 0.409 e. The van der Waals surface area contributed by atoms with Crippen molar-refractivity contribution in [2.45, 2.75) is 26.2 Å². The van der Waals surface area contributed by atoms with Crippen molar-refractivity contribution in [1.82, 2.24) is 9.80 Å². The summed E-state index contributed by atoms with van der Waals surface area (Å²) in [7, 11) is 1.70. The van der Waals surface area contributed by atoms with E-state index in [1.165, 1.54) is 0 Å². The number of nitriles is 1. The number of amides is 2. The fraction of sp³-hybridized carbons (Fsp3) is 0.769. The maximum absolute atomic E-state index is 12.2. The van der Waals surface area contributed by atoms with Gasteiger partial charge in [0.15, 0.2) is 0 Å². The van der Waals surface area contributed by atoms with Crippen molar-refractivity contribution < 1.29 is 14.3 Å². The Bertz CT molecular complexity index is 365. The van der Waals surface area contributed by atoms with E-state index in [-0.39, 0.29) is 17.9 Å². The van der Waals surface area contributed by atoms with Crippen LogP contribution in [0.4, 0.5) is 4.79 Å². The molecule has 0 aromatic carbocycles. The van der Waals surface area contributed by atoms with Crippen LogP contribution in [0.5, 0.6) is 0 Å². The molecule has 19 heavy (non-hydrogen) atoms. The fourth-order valence-electron chi connectivity index (χ4n) is 2.20. The zero-order valence-electron chi connectivity index (χ0n) is 11.6. The van der Waals surface area contributed by atoms with Gasteiger partial charge in [-0.25, -0.2) is 4.79 Å². The van der Waals surface area contributed by atoms with Crippen LogP contribution < -0.4 is 0 Å². The highest BCUT2D eigenvalue weighted by Gasteiger charge is 2.30. The number of hydrogen-bond acceptors (Lipinski definition) is 4. The molecule has 0 N–H and O–H groups in total. The van der Waals surface area contributed by atoms with Crippen LogP contribution in [0.25, 0.3) is 0 Å². The predicted molar refractivity (Wildman–Crippen MR) is 69.2 cm³/mol. The van der Waals surface area contributed by atoms with Crippen LogP contribution in [-0.2, 0) is 9.53 Å². The van der Waals surface area contributed by atoms with Gasteiger partial charge >= 0.3 is 6.09 Å². The molecule has 1 atom stereocenters. The molecule has 0 spiro atoms. The van der Waals surface area contributed by atoms with Gasteiger partial charge < -0.3 is 14.5 Å². The van der Waals surface area contributed by atoms with Gasteiger partial charge in [0.05, 0.1) is 25.0 Å². The Morgan fingerprint density at radius 3 is 2.89 bits per heavy atom. The molecular formula is C13H21N3O3. The predicted octanol–water partition coefficient (Wildman–Crippen LogP) is 1.23. The van der Waals surface area contributed by atoms with Gasteiger partial charge in [-0.15, -0.1) is 0 Å². The van der Waals surface area contributed by atoms with Gasteiger partial charge in [-0.2, -0.15) is 5.26 Å². The minimum atomic E-state index is -0.348. The lowest BCUT2D eigenvalue weighted by atomic mass is 9.97. The molecule has 0 aliphatic carbocycles. The third-order valence-corrected chi connectivity index (χ3v) is 3.23. The second-order valence-corrected chi connectivity index (χ2v) is 4.65. The summed E-state index contributed by atoms with van der Waals surface area (Å²) in [5.74, 6) is -0.175. The summed E-state index contributed by atoms with van der Waals surface area (Å²) in [6.45, 7) is 3.60. The number of hydrogen-bond donors (Lipinski definition) is 0. The average Bonchev–Trinajstić information content (AvgIpc) is 2.44. The molecule has 0 saturated carbocycles. The Morgan fingerprint density at radius 1 is 1.53 bits per heavy atom. The quantitative estimate of drug-likeness (QED) is 0.767. The lowest BCUT2D eigenvalue weighted by molar-refractivity contribution is -0.135. The van der Waals surface area contributed by atoms with Crippen LogP contribution in [0.2, 0.25) is 0 Å². The molecule has 6 nitrogen and oxygen atoms in total. The van der Waals surface area contributed by atoms with Crippen LogP contribution in [0, 0.1) is 17.2 Å². The molecule has 0 aromatic heterocycles. The second-order valence-electron chi connectivity index (χ2n) is 4.65. The smallest absolute Gasteiger partial charge is 0.409 e. The highest BCUT2D eigenvalue weighted by Crippen LogP contribution is 2.19. The molecule has 1 aliphatic rings. The van der Waals surface area contributed by atoms with Crippen LogP contribution in [0.3, 0.4) is 0 Å². The summed E-state index contributed by atoms with van der Waals surface area (Å²) in [6, 6.07) is 2.02. The third-order valence-electron chi connectivity index (χ3n) is 3.23. The summed E-state index contributed by atoms with van der Waals surface area (Å²) in [5, 5.41) is 8.52. The second kappa shape index (κ2) is 7.62. The first-order valence-corrected chi connectivity index (χ1v) is 6.63. The zero-order chi connectivity index (χ0) is 14.3. The molecular weight excluding hydrogens is 246 g/mol. The van der Waals surface area contributed by atoms with E-state index >= 15 is 0 Å². The third kappa shape index (κ3) is 4.43. The highest BCUT2D eigenvalue weighted by atomic mass is 16.6. The molecule has 6 heteroatoms. The van der Waals surface area contributed by atoms with E-state index in [2.05, 4.69) is 0 Å². The van der Waals surface area contributed by atoms with E-state index in [1.54, 1.807) is 23.8 Å². The normalized spacial score (nSPS) is 18.6. The fourth-order valence-corrected chi connectivity index (χ4v) is 2.20. The average molecular weight is 267 g/mol. The maximum atomic E-state index is 12.2. The Labute approximate surface area is 113 Å². The Morgan fingerprint density at radius 2 is 2.26 bits per heavy atom. The Balaban J connectivity index is 2.52. The first-order valence-electron chi connectivity index (χ1n) is 6.63. The van der Waals surface area contributed by atoms with Gasteiger partial charge in [-0.05, 0) is 19.8 Å². The molecule has 1 heterocycles. The molecule has 1 rings (SSSR count). The minimum Gasteiger partial charge on any atom is -0.450 e. The zero-order valence-corrected chi connectivity index (χ0v) is 11.6. The summed E-state index contributed by atoms with van der Waals surface area (Å²) >= 11 is 0. The minimum absolute atomic E-state index is 0.00393. The number of ether oxygens (including phenoxy) is 1. The first-order chi connectivity index (χ1) is 9.10. The van der Waals surface area contributed by atoms with E-state index in [4.69, 9.17) is 10.00 Å². The van der Waals surface area contributed by atoms with Crippen molar-refractivity contribution >= 4 is 12.0 Å². The standard InChI is InChI=1S/C13H21N3O3/c1-3-19-13(18)16-9-4-6-11(10-16)12(17)15(2)8-5-7-14/h11H,3-6,8-10H2,1-2H3. The molecule has 2 amide bonds. The molecule has 0 radical (unpaired) electrons. The van der Waals surface area contributed by atoms with Crippen molar-refractivity contribution in [3.63, 3.8) is 0 Å². The van der Waals surface area contributed by atoms with Gasteiger partial charge in [0, 0.05) is 26.7 Å². The number of carbonyl (C=O) groups excluding carboxylic acids is 2. The van der Waals surface area contributed by atoms with Gasteiger partial charge in [0.1, 0.15) is 0 Å². The highest BCUT2D eigenvalue weighted by molar-refractivity contribution is 5.80. The van der Waals surface area contributed by atoms with E-state index in [0.717, 1.165) is 12.8 Å². The Kier molecular flexibility index (Phi) is 6.13. The first kappa shape index (κ1) is 15.3. The van der Waals surface area contributed by atoms with Crippen molar-refractivity contribution in [2.75, 3.05) is 33.3 Å². The van der Waals surface area contributed by atoms with Gasteiger partial charge in [0.25, 0.3) is 0 Å². The van der Waals surface area contributed by atoms with E-state index < -0.39 is 0 Å². The monoisotopic (exact) mass is 267 g/mol. The molecule has 1 fully saturated rings. The van der Waals surface area contributed by atoms with Crippen molar-refractivity contribution in [3.05, 3.63) is 0 Å². The Hall–Kier alpha value is -1.77. The topological polar surface area (TPSA) is 73.6 Å². The van der Waals surface area contributed by atoms with Gasteiger partial charge in [0.2, 0.25) is 5.91 Å². The summed E-state index contributed by atoms with van der Waals surface area (Å²) < 4.78 is 4.95. The largest absolute Gasteiger partial charge is 0.450 e. The van der Waals surface area contributed by atoms with Crippen LogP contribution >= 0.6 is 0 Å². The van der Waals surface area contributed by atoms with Gasteiger partial charge in [-0.1, -0.05) is 0 Å². The lowest BCUT2D eigenvalue weighted by Gasteiger charge is -2.33. The number of rotatable bonds is 4. The lowest BCUT2D eigenvalue weighted by Crippen LogP contribution is -2.46. The molecule has 0 bridgehead atoms.